The molecular weight excluding hydrogens is 323 g/mol. The molecule has 0 aliphatic rings. The molecule has 2 heterocycles. The second-order valence-electron chi connectivity index (χ2n) is 5.62. The van der Waals surface area contributed by atoms with Gasteiger partial charge in [-0.05, 0) is 43.7 Å². The summed E-state index contributed by atoms with van der Waals surface area (Å²) in [6.45, 7) is 3.95. The Morgan fingerprint density at radius 2 is 1.79 bits per heavy atom. The number of para-hydroxylation sites is 1. The Bertz CT molecular complexity index is 1030. The number of aromatic nitrogens is 4. The van der Waals surface area contributed by atoms with Gasteiger partial charge in [0.15, 0.2) is 10.8 Å². The van der Waals surface area contributed by atoms with E-state index in [-0.39, 0.29) is 11.1 Å². The lowest BCUT2D eigenvalue weighted by Gasteiger charge is -2.12. The number of benzene rings is 2. The van der Waals surface area contributed by atoms with E-state index in [2.05, 4.69) is 17.0 Å². The third-order valence-electron chi connectivity index (χ3n) is 3.88. The van der Waals surface area contributed by atoms with Crippen molar-refractivity contribution in [1.82, 2.24) is 19.6 Å². The molecule has 0 N–H and O–H groups in total. The van der Waals surface area contributed by atoms with E-state index in [0.29, 0.717) is 5.82 Å². The van der Waals surface area contributed by atoms with Gasteiger partial charge in [0, 0.05) is 10.6 Å². The van der Waals surface area contributed by atoms with E-state index in [1.165, 1.54) is 12.1 Å². The Hall–Kier alpha value is -2.47. The van der Waals surface area contributed by atoms with Crippen molar-refractivity contribution < 1.29 is 4.39 Å². The normalized spacial score (nSPS) is 12.8. The van der Waals surface area contributed by atoms with Gasteiger partial charge in [-0.1, -0.05) is 36.0 Å². The fourth-order valence-corrected chi connectivity index (χ4v) is 3.66. The first-order chi connectivity index (χ1) is 11.6. The molecule has 4 rings (SSSR count). The number of halogens is 1. The van der Waals surface area contributed by atoms with Crippen LogP contribution in [0.15, 0.2) is 53.7 Å². The lowest BCUT2D eigenvalue weighted by atomic mass is 10.2. The molecule has 0 spiro atoms. The van der Waals surface area contributed by atoms with Crippen LogP contribution in [0.25, 0.3) is 16.6 Å². The zero-order valence-electron chi connectivity index (χ0n) is 13.3. The standard InChI is InChI=1S/C18H15FN4S/c1-11(13-7-9-14(19)10-8-13)24-18-21-16-6-4-3-5-15(16)17-20-12(2)22-23(17)18/h3-11H,1-2H3/t11-/m0/s1. The van der Waals surface area contributed by atoms with Crippen LogP contribution in [0.2, 0.25) is 0 Å². The van der Waals surface area contributed by atoms with Crippen molar-refractivity contribution in [2.45, 2.75) is 24.3 Å². The van der Waals surface area contributed by atoms with Crippen LogP contribution in [0, 0.1) is 12.7 Å². The predicted molar refractivity (Wildman–Crippen MR) is 93.7 cm³/mol. The average molecular weight is 338 g/mol. The molecule has 0 aliphatic heterocycles. The maximum absolute atomic E-state index is 13.1. The van der Waals surface area contributed by atoms with Gasteiger partial charge in [-0.2, -0.15) is 4.52 Å². The quantitative estimate of drug-likeness (QED) is 0.405. The Morgan fingerprint density at radius 3 is 2.58 bits per heavy atom. The zero-order valence-corrected chi connectivity index (χ0v) is 14.1. The third kappa shape index (κ3) is 2.63. The van der Waals surface area contributed by atoms with Crippen LogP contribution in [0.1, 0.15) is 23.6 Å². The van der Waals surface area contributed by atoms with E-state index < -0.39 is 0 Å². The fourth-order valence-electron chi connectivity index (χ4n) is 2.67. The van der Waals surface area contributed by atoms with Gasteiger partial charge in [-0.3, -0.25) is 0 Å². The van der Waals surface area contributed by atoms with Crippen LogP contribution in [0.4, 0.5) is 4.39 Å². The molecule has 4 nitrogen and oxygen atoms in total. The van der Waals surface area contributed by atoms with Gasteiger partial charge in [0.1, 0.15) is 11.6 Å². The Balaban J connectivity index is 1.81. The molecule has 6 heteroatoms. The molecule has 0 aliphatic carbocycles. The van der Waals surface area contributed by atoms with Gasteiger partial charge < -0.3 is 0 Å². The van der Waals surface area contributed by atoms with E-state index in [9.17, 15) is 4.39 Å². The topological polar surface area (TPSA) is 43.1 Å². The monoisotopic (exact) mass is 338 g/mol. The minimum atomic E-state index is -0.228. The highest BCUT2D eigenvalue weighted by Gasteiger charge is 2.16. The summed E-state index contributed by atoms with van der Waals surface area (Å²) in [7, 11) is 0. The fraction of sp³-hybridized carbons (Fsp3) is 0.167. The summed E-state index contributed by atoms with van der Waals surface area (Å²) < 4.78 is 14.9. The number of hydrogen-bond donors (Lipinski definition) is 0. The summed E-state index contributed by atoms with van der Waals surface area (Å²) in [5.41, 5.74) is 2.75. The smallest absolute Gasteiger partial charge is 0.192 e. The molecule has 0 saturated carbocycles. The van der Waals surface area contributed by atoms with Crippen molar-refractivity contribution in [2.75, 3.05) is 0 Å². The van der Waals surface area contributed by atoms with Crippen LogP contribution in [-0.2, 0) is 0 Å². The first-order valence-electron chi connectivity index (χ1n) is 7.66. The molecule has 0 amide bonds. The van der Waals surface area contributed by atoms with E-state index in [1.807, 2.05) is 31.2 Å². The van der Waals surface area contributed by atoms with E-state index in [1.54, 1.807) is 28.4 Å². The Labute approximate surface area is 142 Å². The van der Waals surface area contributed by atoms with Crippen molar-refractivity contribution in [3.63, 3.8) is 0 Å². The maximum Gasteiger partial charge on any atom is 0.192 e. The van der Waals surface area contributed by atoms with Gasteiger partial charge in [-0.25, -0.2) is 14.4 Å². The molecule has 1 atom stereocenters. The van der Waals surface area contributed by atoms with E-state index >= 15 is 0 Å². The Kier molecular flexibility index (Phi) is 3.69. The van der Waals surface area contributed by atoms with Gasteiger partial charge in [0.25, 0.3) is 0 Å². The SMILES string of the molecule is Cc1nc2c3ccccc3nc(S[C@@H](C)c3ccc(F)cc3)n2n1. The summed E-state index contributed by atoms with van der Waals surface area (Å²) in [4.78, 5) is 9.29. The van der Waals surface area contributed by atoms with Crippen LogP contribution < -0.4 is 0 Å². The van der Waals surface area contributed by atoms with Crippen molar-refractivity contribution in [1.29, 1.82) is 0 Å². The van der Waals surface area contributed by atoms with Gasteiger partial charge >= 0.3 is 0 Å². The van der Waals surface area contributed by atoms with Gasteiger partial charge in [0.2, 0.25) is 0 Å². The molecule has 0 fully saturated rings. The summed E-state index contributed by atoms with van der Waals surface area (Å²) in [5, 5.41) is 6.37. The van der Waals surface area contributed by atoms with E-state index in [4.69, 9.17) is 4.98 Å². The van der Waals surface area contributed by atoms with Crippen LogP contribution in [0.3, 0.4) is 0 Å². The van der Waals surface area contributed by atoms with E-state index in [0.717, 1.165) is 27.3 Å². The number of hydrogen-bond acceptors (Lipinski definition) is 4. The van der Waals surface area contributed by atoms with Crippen molar-refractivity contribution >= 4 is 28.3 Å². The summed E-state index contributed by atoms with van der Waals surface area (Å²) in [5.74, 6) is 0.485. The van der Waals surface area contributed by atoms with Crippen molar-refractivity contribution in [3.05, 3.63) is 65.7 Å². The predicted octanol–water partition coefficient (Wildman–Crippen LogP) is 4.58. The highest BCUT2D eigenvalue weighted by molar-refractivity contribution is 7.99. The van der Waals surface area contributed by atoms with Crippen molar-refractivity contribution in [2.24, 2.45) is 0 Å². The molecule has 0 bridgehead atoms. The van der Waals surface area contributed by atoms with Gasteiger partial charge in [0.05, 0.1) is 5.52 Å². The highest BCUT2D eigenvalue weighted by Crippen LogP contribution is 2.35. The van der Waals surface area contributed by atoms with Crippen molar-refractivity contribution in [3.8, 4) is 0 Å². The minimum Gasteiger partial charge on any atom is -0.222 e. The molecule has 24 heavy (non-hydrogen) atoms. The second-order valence-corrected chi connectivity index (χ2v) is 6.93. The molecular formula is C18H15FN4S. The van der Waals surface area contributed by atoms with Crippen LogP contribution in [0.5, 0.6) is 0 Å². The molecule has 2 aromatic heterocycles. The number of thioether (sulfide) groups is 1. The molecule has 4 aromatic rings. The maximum atomic E-state index is 13.1. The number of nitrogens with zero attached hydrogens (tertiary/aromatic N) is 4. The molecule has 120 valence electrons. The summed E-state index contributed by atoms with van der Waals surface area (Å²) >= 11 is 1.59. The lowest BCUT2D eigenvalue weighted by Crippen LogP contribution is -2.00. The molecule has 0 radical (unpaired) electrons. The third-order valence-corrected chi connectivity index (χ3v) is 4.98. The largest absolute Gasteiger partial charge is 0.222 e. The summed E-state index contributed by atoms with van der Waals surface area (Å²) in [6, 6.07) is 14.5. The number of fused-ring (bicyclic) bond motifs is 3. The molecule has 0 unspecified atom stereocenters. The van der Waals surface area contributed by atoms with Crippen LogP contribution in [-0.4, -0.2) is 19.6 Å². The Morgan fingerprint density at radius 1 is 1.04 bits per heavy atom. The first kappa shape index (κ1) is 15.1. The van der Waals surface area contributed by atoms with Crippen LogP contribution >= 0.6 is 11.8 Å². The first-order valence-corrected chi connectivity index (χ1v) is 8.54. The number of aryl methyl sites for hydroxylation is 1. The average Bonchev–Trinajstić information content (AvgIpc) is 2.97. The lowest BCUT2D eigenvalue weighted by molar-refractivity contribution is 0.627. The minimum absolute atomic E-state index is 0.118. The van der Waals surface area contributed by atoms with Gasteiger partial charge in [-0.15, -0.1) is 5.10 Å². The number of rotatable bonds is 3. The zero-order chi connectivity index (χ0) is 16.7. The highest BCUT2D eigenvalue weighted by atomic mass is 32.2. The molecule has 2 aromatic carbocycles. The summed E-state index contributed by atoms with van der Waals surface area (Å²) in [6.07, 6.45) is 0. The molecule has 0 saturated heterocycles. The second kappa shape index (κ2) is 5.87.